The first-order chi connectivity index (χ1) is 12.0. The summed E-state index contributed by atoms with van der Waals surface area (Å²) in [4.78, 5) is 20.6. The maximum atomic E-state index is 11.4. The number of nitrogens with one attached hydrogen (secondary N) is 1. The van der Waals surface area contributed by atoms with Crippen LogP contribution in [0.4, 0.5) is 0 Å². The molecule has 144 valence electrons. The Morgan fingerprint density at radius 3 is 2.84 bits per heavy atom. The summed E-state index contributed by atoms with van der Waals surface area (Å²) in [6, 6.07) is 0. The highest BCUT2D eigenvalue weighted by Crippen LogP contribution is 2.24. The molecule has 0 aromatic carbocycles. The Kier molecular flexibility index (Phi) is 8.36. The van der Waals surface area contributed by atoms with Crippen molar-refractivity contribution in [1.82, 2.24) is 15.1 Å². The van der Waals surface area contributed by atoms with E-state index in [1.807, 2.05) is 7.05 Å². The van der Waals surface area contributed by atoms with Crippen LogP contribution in [-0.2, 0) is 4.79 Å². The van der Waals surface area contributed by atoms with Gasteiger partial charge in [-0.2, -0.15) is 11.8 Å². The second-order valence-electron chi connectivity index (χ2n) is 7.47. The lowest BCUT2D eigenvalue weighted by Crippen LogP contribution is -2.49. The normalized spacial score (nSPS) is 26.1. The number of guanidine groups is 1. The van der Waals surface area contributed by atoms with Crippen LogP contribution >= 0.6 is 11.8 Å². The summed E-state index contributed by atoms with van der Waals surface area (Å²) >= 11 is 2.08. The molecule has 2 unspecified atom stereocenters. The van der Waals surface area contributed by atoms with Gasteiger partial charge in [0.1, 0.15) is 0 Å². The number of hydrogen-bond acceptors (Lipinski definition) is 4. The van der Waals surface area contributed by atoms with Crippen LogP contribution < -0.4 is 11.1 Å². The lowest BCUT2D eigenvalue weighted by atomic mass is 9.97. The van der Waals surface area contributed by atoms with E-state index in [1.54, 1.807) is 0 Å². The third-order valence-electron chi connectivity index (χ3n) is 5.19. The largest absolute Gasteiger partial charge is 0.369 e. The minimum absolute atomic E-state index is 0.0355. The average molecular weight is 370 g/mol. The molecule has 2 atom stereocenters. The number of hydrogen-bond donors (Lipinski definition) is 2. The maximum Gasteiger partial charge on any atom is 0.221 e. The van der Waals surface area contributed by atoms with E-state index in [-0.39, 0.29) is 11.8 Å². The van der Waals surface area contributed by atoms with Crippen LogP contribution in [0.3, 0.4) is 0 Å². The molecular weight excluding hydrogens is 334 g/mol. The molecule has 1 amide bonds. The number of primary amides is 1. The summed E-state index contributed by atoms with van der Waals surface area (Å²) in [6.45, 7) is 10.6. The Morgan fingerprint density at radius 1 is 1.36 bits per heavy atom. The number of amides is 1. The molecule has 2 heterocycles. The summed E-state index contributed by atoms with van der Waals surface area (Å²) in [5.41, 5.74) is 5.46. The summed E-state index contributed by atoms with van der Waals surface area (Å²) in [7, 11) is 1.87. The van der Waals surface area contributed by atoms with Gasteiger partial charge in [-0.1, -0.05) is 13.8 Å². The Hall–Kier alpha value is -0.950. The first-order valence-electron chi connectivity index (χ1n) is 9.60. The number of rotatable bonds is 6. The fourth-order valence-electron chi connectivity index (χ4n) is 3.60. The number of carbonyl (C=O) groups is 1. The van der Waals surface area contributed by atoms with E-state index in [4.69, 9.17) is 5.73 Å². The molecule has 2 aliphatic heterocycles. The smallest absolute Gasteiger partial charge is 0.221 e. The van der Waals surface area contributed by atoms with E-state index in [1.165, 1.54) is 5.75 Å². The molecule has 2 rings (SSSR count). The van der Waals surface area contributed by atoms with Gasteiger partial charge >= 0.3 is 0 Å². The Morgan fingerprint density at radius 2 is 2.16 bits per heavy atom. The van der Waals surface area contributed by atoms with E-state index in [0.29, 0.717) is 11.2 Å². The van der Waals surface area contributed by atoms with Crippen molar-refractivity contribution in [1.29, 1.82) is 0 Å². The molecule has 7 heteroatoms. The van der Waals surface area contributed by atoms with Gasteiger partial charge in [-0.3, -0.25) is 9.79 Å². The fourth-order valence-corrected chi connectivity index (χ4v) is 4.90. The van der Waals surface area contributed by atoms with Crippen molar-refractivity contribution in [2.24, 2.45) is 22.6 Å². The number of nitrogens with two attached hydrogens (primary N) is 1. The third-order valence-corrected chi connectivity index (χ3v) is 6.73. The molecule has 2 aliphatic rings. The molecule has 0 spiro atoms. The molecule has 3 N–H and O–H groups in total. The zero-order chi connectivity index (χ0) is 18.2. The lowest BCUT2D eigenvalue weighted by Gasteiger charge is -2.36. The van der Waals surface area contributed by atoms with Gasteiger partial charge in [0.15, 0.2) is 5.96 Å². The molecular formula is C18H35N5OS. The molecule has 0 radical (unpaired) electrons. The molecule has 0 bridgehead atoms. The second kappa shape index (κ2) is 10.3. The first kappa shape index (κ1) is 20.4. The van der Waals surface area contributed by atoms with Crippen molar-refractivity contribution in [3.05, 3.63) is 0 Å². The van der Waals surface area contributed by atoms with Crippen molar-refractivity contribution in [2.75, 3.05) is 52.1 Å². The minimum atomic E-state index is -0.147. The highest BCUT2D eigenvalue weighted by Gasteiger charge is 2.25. The van der Waals surface area contributed by atoms with Crippen molar-refractivity contribution in [3.8, 4) is 0 Å². The standard InChI is InChI=1S/C18H35N5OS/c1-14(2)16-13-23(10-11-25-16)18(20-3)21-7-5-9-22-8-4-6-15(12-22)17(19)24/h14-16H,4-13H2,1-3H3,(H2,19,24)(H,20,21). The number of carbonyl (C=O) groups excluding carboxylic acids is 1. The summed E-state index contributed by atoms with van der Waals surface area (Å²) in [6.07, 6.45) is 3.08. The number of likely N-dealkylation sites (tertiary alicyclic amines) is 1. The van der Waals surface area contributed by atoms with Gasteiger partial charge in [-0.05, 0) is 38.3 Å². The van der Waals surface area contributed by atoms with Gasteiger partial charge in [0.2, 0.25) is 5.91 Å². The summed E-state index contributed by atoms with van der Waals surface area (Å²) < 4.78 is 0. The predicted molar refractivity (Wildman–Crippen MR) is 107 cm³/mol. The van der Waals surface area contributed by atoms with E-state index in [2.05, 4.69) is 45.7 Å². The van der Waals surface area contributed by atoms with E-state index in [9.17, 15) is 4.79 Å². The minimum Gasteiger partial charge on any atom is -0.369 e. The molecule has 25 heavy (non-hydrogen) atoms. The monoisotopic (exact) mass is 369 g/mol. The number of aliphatic imine (C=N–C) groups is 1. The van der Waals surface area contributed by atoms with Gasteiger partial charge in [-0.15, -0.1) is 0 Å². The van der Waals surface area contributed by atoms with Crippen LogP contribution in [0.25, 0.3) is 0 Å². The van der Waals surface area contributed by atoms with Gasteiger partial charge < -0.3 is 20.9 Å². The third kappa shape index (κ3) is 6.37. The van der Waals surface area contributed by atoms with Crippen molar-refractivity contribution in [3.63, 3.8) is 0 Å². The van der Waals surface area contributed by atoms with E-state index < -0.39 is 0 Å². The van der Waals surface area contributed by atoms with Crippen LogP contribution in [0.5, 0.6) is 0 Å². The highest BCUT2D eigenvalue weighted by atomic mass is 32.2. The Bertz CT molecular complexity index is 457. The van der Waals surface area contributed by atoms with Crippen LogP contribution in [0, 0.1) is 11.8 Å². The van der Waals surface area contributed by atoms with Gasteiger partial charge in [-0.25, -0.2) is 0 Å². The van der Waals surface area contributed by atoms with Gasteiger partial charge in [0.05, 0.1) is 5.92 Å². The molecule has 0 saturated carbocycles. The van der Waals surface area contributed by atoms with Crippen LogP contribution in [-0.4, -0.2) is 79.0 Å². The topological polar surface area (TPSA) is 74.0 Å². The van der Waals surface area contributed by atoms with Crippen LogP contribution in [0.1, 0.15) is 33.1 Å². The summed E-state index contributed by atoms with van der Waals surface area (Å²) in [5.74, 6) is 2.79. The van der Waals surface area contributed by atoms with Crippen molar-refractivity contribution in [2.45, 2.75) is 38.4 Å². The first-order valence-corrected chi connectivity index (χ1v) is 10.6. The van der Waals surface area contributed by atoms with Gasteiger partial charge in [0, 0.05) is 44.2 Å². The number of nitrogens with zero attached hydrogens (tertiary/aromatic N) is 3. The zero-order valence-corrected chi connectivity index (χ0v) is 16.9. The second-order valence-corrected chi connectivity index (χ2v) is 8.82. The van der Waals surface area contributed by atoms with Crippen LogP contribution in [0.15, 0.2) is 4.99 Å². The predicted octanol–water partition coefficient (Wildman–Crippen LogP) is 1.22. The van der Waals surface area contributed by atoms with Crippen molar-refractivity contribution < 1.29 is 4.79 Å². The quantitative estimate of drug-likeness (QED) is 0.418. The Labute approximate surface area is 157 Å². The highest BCUT2D eigenvalue weighted by molar-refractivity contribution is 8.00. The summed E-state index contributed by atoms with van der Waals surface area (Å²) in [5, 5.41) is 4.21. The molecule has 0 aromatic rings. The molecule has 2 saturated heterocycles. The Balaban J connectivity index is 1.70. The van der Waals surface area contributed by atoms with Gasteiger partial charge in [0.25, 0.3) is 0 Å². The fraction of sp³-hybridized carbons (Fsp3) is 0.889. The molecule has 2 fully saturated rings. The lowest BCUT2D eigenvalue weighted by molar-refractivity contribution is -0.123. The maximum absolute atomic E-state index is 11.4. The number of piperidine rings is 1. The zero-order valence-electron chi connectivity index (χ0n) is 16.0. The number of thioether (sulfide) groups is 1. The molecule has 0 aromatic heterocycles. The van der Waals surface area contributed by atoms with E-state index >= 15 is 0 Å². The SMILES string of the molecule is CN=C(NCCCN1CCCC(C(N)=O)C1)N1CCSC(C(C)C)C1. The average Bonchev–Trinajstić information content (AvgIpc) is 2.62. The van der Waals surface area contributed by atoms with E-state index in [0.717, 1.165) is 64.5 Å². The molecule has 0 aliphatic carbocycles. The van der Waals surface area contributed by atoms with Crippen LogP contribution in [0.2, 0.25) is 0 Å². The van der Waals surface area contributed by atoms with Crippen molar-refractivity contribution >= 4 is 23.6 Å². The molecule has 6 nitrogen and oxygen atoms in total.